The molecule has 158 valence electrons. The Balaban J connectivity index is 1.96. The fraction of sp³-hybridized carbons (Fsp3) is 0.238. The van der Waals surface area contributed by atoms with Gasteiger partial charge in [-0.2, -0.15) is 0 Å². The summed E-state index contributed by atoms with van der Waals surface area (Å²) in [5, 5.41) is 2.91. The molecule has 0 fully saturated rings. The van der Waals surface area contributed by atoms with Crippen molar-refractivity contribution in [1.29, 1.82) is 0 Å². The van der Waals surface area contributed by atoms with Gasteiger partial charge in [-0.1, -0.05) is 18.2 Å². The van der Waals surface area contributed by atoms with Gasteiger partial charge in [-0.3, -0.25) is 9.59 Å². The number of carbonyl (C=O) groups is 2. The van der Waals surface area contributed by atoms with Gasteiger partial charge in [0.25, 0.3) is 5.91 Å². The number of carbonyl (C=O) groups excluding carboxylic acids is 2. The zero-order valence-corrected chi connectivity index (χ0v) is 18.4. The number of hydrogen-bond acceptors (Lipinski definition) is 5. The highest BCUT2D eigenvalue weighted by atomic mass is 127. The van der Waals surface area contributed by atoms with Crippen LogP contribution in [0.2, 0.25) is 0 Å². The molecule has 9 heteroatoms. The molecule has 3 rings (SSSR count). The van der Waals surface area contributed by atoms with E-state index in [2.05, 4.69) is 5.32 Å². The Morgan fingerprint density at radius 3 is 2.70 bits per heavy atom. The zero-order chi connectivity index (χ0) is 22.0. The zero-order valence-electron chi connectivity index (χ0n) is 16.3. The molecule has 1 aliphatic heterocycles. The van der Waals surface area contributed by atoms with Gasteiger partial charge < -0.3 is 20.7 Å². The molecule has 1 amide bonds. The second-order valence-corrected chi connectivity index (χ2v) is 8.11. The molecule has 30 heavy (non-hydrogen) atoms. The van der Waals surface area contributed by atoms with Crippen molar-refractivity contribution in [3.8, 4) is 0 Å². The van der Waals surface area contributed by atoms with Crippen LogP contribution in [0.3, 0.4) is 0 Å². The number of methoxy groups -OCH3 is 1. The molecule has 2 aromatic carbocycles. The molecular weight excluding hydrogens is 507 g/mol. The van der Waals surface area contributed by atoms with Crippen molar-refractivity contribution < 1.29 is 23.1 Å². The number of amides is 1. The van der Waals surface area contributed by atoms with Crippen LogP contribution >= 0.6 is 22.6 Å². The van der Waals surface area contributed by atoms with Crippen LogP contribution in [0.15, 0.2) is 48.0 Å². The maximum atomic E-state index is 14.3. The number of esters is 1. The number of anilines is 2. The van der Waals surface area contributed by atoms with Gasteiger partial charge in [0.1, 0.15) is 23.7 Å². The van der Waals surface area contributed by atoms with Crippen LogP contribution < -0.4 is 11.1 Å². The third-order valence-corrected chi connectivity index (χ3v) is 5.60. The maximum absolute atomic E-state index is 14.3. The van der Waals surface area contributed by atoms with Crippen LogP contribution in [-0.2, 0) is 20.7 Å². The van der Waals surface area contributed by atoms with Crippen LogP contribution in [-0.4, -0.2) is 37.1 Å². The van der Waals surface area contributed by atoms with Gasteiger partial charge >= 0.3 is 5.97 Å². The number of nitrogens with two attached hydrogens (primary N) is 1. The van der Waals surface area contributed by atoms with Crippen molar-refractivity contribution in [1.82, 2.24) is 4.90 Å². The first kappa shape index (κ1) is 22.0. The van der Waals surface area contributed by atoms with Crippen molar-refractivity contribution in [3.05, 3.63) is 68.8 Å². The first-order valence-electron chi connectivity index (χ1n) is 9.03. The molecular formula is C21H20F2IN3O3. The average molecular weight is 527 g/mol. The number of rotatable bonds is 5. The van der Waals surface area contributed by atoms with E-state index in [1.165, 1.54) is 49.4 Å². The number of hydrogen-bond donors (Lipinski definition) is 2. The minimum atomic E-state index is -0.921. The van der Waals surface area contributed by atoms with Crippen LogP contribution in [0.1, 0.15) is 5.56 Å². The van der Waals surface area contributed by atoms with Crippen LogP contribution in [0.4, 0.5) is 20.2 Å². The maximum Gasteiger partial charge on any atom is 0.316 e. The summed E-state index contributed by atoms with van der Waals surface area (Å²) >= 11 is 1.98. The fourth-order valence-electron chi connectivity index (χ4n) is 3.33. The summed E-state index contributed by atoms with van der Waals surface area (Å²) in [5.74, 6) is -3.06. The van der Waals surface area contributed by atoms with Gasteiger partial charge in [-0.25, -0.2) is 8.78 Å². The molecule has 1 heterocycles. The summed E-state index contributed by atoms with van der Waals surface area (Å²) in [4.78, 5) is 26.7. The Bertz CT molecular complexity index is 1030. The lowest BCUT2D eigenvalue weighted by molar-refractivity contribution is -0.147. The van der Waals surface area contributed by atoms with Gasteiger partial charge in [0, 0.05) is 22.6 Å². The fourth-order valence-corrected chi connectivity index (χ4v) is 3.79. The van der Waals surface area contributed by atoms with E-state index in [0.29, 0.717) is 3.57 Å². The monoisotopic (exact) mass is 527 g/mol. The number of nitrogens with zero attached hydrogens (tertiary/aromatic N) is 1. The lowest BCUT2D eigenvalue weighted by Gasteiger charge is -2.37. The van der Waals surface area contributed by atoms with E-state index >= 15 is 0 Å². The quantitative estimate of drug-likeness (QED) is 0.354. The number of nitrogens with one attached hydrogen (secondary N) is 1. The topological polar surface area (TPSA) is 84.7 Å². The highest BCUT2D eigenvalue weighted by Crippen LogP contribution is 2.29. The number of halogens is 3. The molecule has 2 aromatic rings. The lowest BCUT2D eigenvalue weighted by Crippen LogP contribution is -2.52. The molecule has 0 bridgehead atoms. The molecule has 2 atom stereocenters. The van der Waals surface area contributed by atoms with Crippen LogP contribution in [0.5, 0.6) is 0 Å². The first-order valence-corrected chi connectivity index (χ1v) is 10.1. The molecule has 2 unspecified atom stereocenters. The minimum absolute atomic E-state index is 0.0250. The summed E-state index contributed by atoms with van der Waals surface area (Å²) in [6.07, 6.45) is 0.519. The van der Waals surface area contributed by atoms with Gasteiger partial charge in [0.15, 0.2) is 0 Å². The summed E-state index contributed by atoms with van der Waals surface area (Å²) < 4.78 is 34.2. The van der Waals surface area contributed by atoms with Crippen molar-refractivity contribution in [2.75, 3.05) is 25.2 Å². The van der Waals surface area contributed by atoms with Crippen molar-refractivity contribution in [2.45, 2.75) is 12.6 Å². The van der Waals surface area contributed by atoms with E-state index in [1.54, 1.807) is 12.1 Å². The van der Waals surface area contributed by atoms with Crippen molar-refractivity contribution in [3.63, 3.8) is 0 Å². The Morgan fingerprint density at radius 1 is 1.30 bits per heavy atom. The molecule has 3 N–H and O–H groups in total. The molecule has 6 nitrogen and oxygen atoms in total. The molecule has 0 radical (unpaired) electrons. The van der Waals surface area contributed by atoms with Gasteiger partial charge in [0.2, 0.25) is 0 Å². The Morgan fingerprint density at radius 2 is 2.03 bits per heavy atom. The SMILES string of the molecule is COC(=O)C1C=C(Cc2cccc(N)c2F)C(=O)N(C)C1Nc1ccc(I)cc1F. The third-order valence-electron chi connectivity index (χ3n) is 4.93. The van der Waals surface area contributed by atoms with E-state index in [9.17, 15) is 18.4 Å². The summed E-state index contributed by atoms with van der Waals surface area (Å²) in [6, 6.07) is 9.11. The van der Waals surface area contributed by atoms with E-state index in [0.717, 1.165) is 0 Å². The predicted molar refractivity (Wildman–Crippen MR) is 117 cm³/mol. The second-order valence-electron chi connectivity index (χ2n) is 6.87. The van der Waals surface area contributed by atoms with E-state index < -0.39 is 35.6 Å². The number of likely N-dealkylation sites (N-methyl/N-ethyl adjacent to an activating group) is 1. The summed E-state index contributed by atoms with van der Waals surface area (Å²) in [6.45, 7) is 0. The van der Waals surface area contributed by atoms with Crippen molar-refractivity contribution >= 4 is 45.8 Å². The highest BCUT2D eigenvalue weighted by molar-refractivity contribution is 14.1. The Labute approximate surface area is 186 Å². The summed E-state index contributed by atoms with van der Waals surface area (Å²) in [5.41, 5.74) is 6.19. The lowest BCUT2D eigenvalue weighted by atomic mass is 9.91. The van der Waals surface area contributed by atoms with Crippen molar-refractivity contribution in [2.24, 2.45) is 5.92 Å². The van der Waals surface area contributed by atoms with E-state index in [1.807, 2.05) is 22.6 Å². The smallest absolute Gasteiger partial charge is 0.316 e. The normalized spacial score (nSPS) is 18.8. The third kappa shape index (κ3) is 4.40. The molecule has 0 saturated heterocycles. The number of nitrogen functional groups attached to an aromatic ring is 1. The first-order chi connectivity index (χ1) is 14.2. The molecule has 0 saturated carbocycles. The van der Waals surface area contributed by atoms with E-state index in [-0.39, 0.29) is 28.9 Å². The van der Waals surface area contributed by atoms with E-state index in [4.69, 9.17) is 10.5 Å². The molecule has 1 aliphatic rings. The Hall–Kier alpha value is -2.69. The Kier molecular flexibility index (Phi) is 6.59. The summed E-state index contributed by atoms with van der Waals surface area (Å²) in [7, 11) is 2.72. The van der Waals surface area contributed by atoms with Gasteiger partial charge in [-0.15, -0.1) is 0 Å². The standard InChI is InChI=1S/C21H20F2IN3O3/c1-27-19(26-17-7-6-13(24)10-15(17)22)14(21(29)30-2)9-12(20(27)28)8-11-4-3-5-16(25)18(11)23/h3-7,9-10,14,19,26H,8,25H2,1-2H3. The largest absolute Gasteiger partial charge is 0.468 e. The minimum Gasteiger partial charge on any atom is -0.468 e. The number of ether oxygens (including phenoxy) is 1. The van der Waals surface area contributed by atoms with Crippen LogP contribution in [0, 0.1) is 21.1 Å². The molecule has 0 aromatic heterocycles. The highest BCUT2D eigenvalue weighted by Gasteiger charge is 2.39. The molecule has 0 aliphatic carbocycles. The number of benzene rings is 2. The second kappa shape index (κ2) is 8.99. The predicted octanol–water partition coefficient (Wildman–Crippen LogP) is 3.32. The van der Waals surface area contributed by atoms with Gasteiger partial charge in [0.05, 0.1) is 18.5 Å². The molecule has 0 spiro atoms. The van der Waals surface area contributed by atoms with Gasteiger partial charge in [-0.05, 0) is 52.4 Å². The van der Waals surface area contributed by atoms with Crippen LogP contribution in [0.25, 0.3) is 0 Å². The average Bonchev–Trinajstić information content (AvgIpc) is 2.71.